The van der Waals surface area contributed by atoms with Gasteiger partial charge >= 0.3 is 6.09 Å². The van der Waals surface area contributed by atoms with Gasteiger partial charge in [-0.15, -0.1) is 0 Å². The first-order valence-corrected chi connectivity index (χ1v) is 8.92. The van der Waals surface area contributed by atoms with Gasteiger partial charge in [0.05, 0.1) is 18.8 Å². The normalized spacial score (nSPS) is 23.3. The van der Waals surface area contributed by atoms with Gasteiger partial charge < -0.3 is 20.1 Å². The smallest absolute Gasteiger partial charge is 0.414 e. The number of carbonyl (C=O) groups excluding carboxylic acids is 2. The van der Waals surface area contributed by atoms with Crippen molar-refractivity contribution in [3.8, 4) is 5.75 Å². The van der Waals surface area contributed by atoms with Crippen LogP contribution in [0, 0.1) is 5.82 Å². The first kappa shape index (κ1) is 18.4. The quantitative estimate of drug-likeness (QED) is 0.832. The van der Waals surface area contributed by atoms with Gasteiger partial charge in [0.15, 0.2) is 11.6 Å². The fraction of sp³-hybridized carbons (Fsp3) is 0.556. The molecule has 1 aromatic rings. The van der Waals surface area contributed by atoms with Crippen molar-refractivity contribution in [2.45, 2.75) is 38.4 Å². The number of anilines is 1. The average molecular weight is 365 g/mol. The van der Waals surface area contributed by atoms with Gasteiger partial charge in [-0.05, 0) is 44.5 Å². The van der Waals surface area contributed by atoms with Crippen molar-refractivity contribution in [3.63, 3.8) is 0 Å². The highest BCUT2D eigenvalue weighted by Gasteiger charge is 2.32. The fourth-order valence-corrected chi connectivity index (χ4v) is 3.13. The summed E-state index contributed by atoms with van der Waals surface area (Å²) in [5.74, 6) is -0.499. The molecule has 0 radical (unpaired) electrons. The van der Waals surface area contributed by atoms with E-state index in [-0.39, 0.29) is 30.9 Å². The van der Waals surface area contributed by atoms with Gasteiger partial charge in [-0.1, -0.05) is 0 Å². The van der Waals surface area contributed by atoms with E-state index in [1.54, 1.807) is 12.1 Å². The summed E-state index contributed by atoms with van der Waals surface area (Å²) >= 11 is 0. The zero-order valence-corrected chi connectivity index (χ0v) is 14.8. The van der Waals surface area contributed by atoms with Crippen molar-refractivity contribution >= 4 is 17.7 Å². The van der Waals surface area contributed by atoms with Gasteiger partial charge in [0.25, 0.3) is 0 Å². The van der Waals surface area contributed by atoms with Crippen LogP contribution in [0.4, 0.5) is 14.9 Å². The molecule has 0 aromatic heterocycles. The summed E-state index contributed by atoms with van der Waals surface area (Å²) in [6, 6.07) is 4.49. The molecule has 1 unspecified atom stereocenters. The summed E-state index contributed by atoms with van der Waals surface area (Å²) < 4.78 is 25.5. The molecule has 0 spiro atoms. The predicted molar refractivity (Wildman–Crippen MR) is 93.8 cm³/mol. The van der Waals surface area contributed by atoms with Crippen molar-refractivity contribution in [3.05, 3.63) is 24.0 Å². The third-order valence-electron chi connectivity index (χ3n) is 4.50. The first-order valence-electron chi connectivity index (χ1n) is 8.92. The predicted octanol–water partition coefficient (Wildman–Crippen LogP) is 1.81. The Morgan fingerprint density at radius 1 is 1.42 bits per heavy atom. The van der Waals surface area contributed by atoms with Gasteiger partial charge in [0.1, 0.15) is 12.2 Å². The second-order valence-corrected chi connectivity index (χ2v) is 6.59. The fourth-order valence-electron chi connectivity index (χ4n) is 3.13. The average Bonchev–Trinajstić information content (AvgIpc) is 2.80. The Morgan fingerprint density at radius 2 is 2.27 bits per heavy atom. The number of halogens is 1. The third-order valence-corrected chi connectivity index (χ3v) is 4.50. The van der Waals surface area contributed by atoms with Crippen LogP contribution in [-0.2, 0) is 9.53 Å². The van der Waals surface area contributed by atoms with Crippen LogP contribution >= 0.6 is 0 Å². The van der Waals surface area contributed by atoms with Crippen LogP contribution in [0.3, 0.4) is 0 Å². The molecule has 3 rings (SSSR count). The Hall–Kier alpha value is -2.35. The lowest BCUT2D eigenvalue weighted by Gasteiger charge is -2.19. The maximum atomic E-state index is 14.5. The number of ether oxygens (including phenoxy) is 2. The van der Waals surface area contributed by atoms with E-state index in [9.17, 15) is 14.0 Å². The Kier molecular flexibility index (Phi) is 5.92. The zero-order valence-electron chi connectivity index (χ0n) is 14.8. The number of amides is 2. The minimum absolute atomic E-state index is 0.0101. The molecule has 0 saturated carbocycles. The molecule has 2 aliphatic rings. The molecule has 2 atom stereocenters. The van der Waals surface area contributed by atoms with E-state index in [2.05, 4.69) is 10.6 Å². The number of hydrogen-bond donors (Lipinski definition) is 2. The van der Waals surface area contributed by atoms with Crippen LogP contribution in [0.5, 0.6) is 5.75 Å². The second kappa shape index (κ2) is 8.35. The molecule has 2 fully saturated rings. The van der Waals surface area contributed by atoms with E-state index in [0.29, 0.717) is 5.69 Å². The Balaban J connectivity index is 1.63. The van der Waals surface area contributed by atoms with Gasteiger partial charge in [-0.2, -0.15) is 0 Å². The molecule has 2 N–H and O–H groups in total. The Bertz CT molecular complexity index is 662. The van der Waals surface area contributed by atoms with Crippen LogP contribution in [0.15, 0.2) is 18.2 Å². The van der Waals surface area contributed by atoms with Gasteiger partial charge in [0.2, 0.25) is 5.91 Å². The number of rotatable bonds is 5. The minimum Gasteiger partial charge on any atom is -0.487 e. The van der Waals surface area contributed by atoms with Gasteiger partial charge in [0, 0.05) is 13.0 Å². The molecule has 2 amide bonds. The lowest BCUT2D eigenvalue weighted by molar-refractivity contribution is -0.119. The maximum Gasteiger partial charge on any atom is 0.414 e. The standard InChI is InChI=1S/C18H24FN3O4/c1-12(23)21-10-15-11-22(18(24)26-15)13-4-5-17(16(19)9-13)25-14-3-2-7-20-8-6-14/h4-5,9,14-15,20H,2-3,6-8,10-11H2,1H3,(H,21,23)/t14?,15-/m0/s1. The van der Waals surface area contributed by atoms with E-state index in [1.165, 1.54) is 17.9 Å². The first-order chi connectivity index (χ1) is 12.5. The summed E-state index contributed by atoms with van der Waals surface area (Å²) in [7, 11) is 0. The van der Waals surface area contributed by atoms with Crippen LogP contribution < -0.4 is 20.3 Å². The van der Waals surface area contributed by atoms with Crippen molar-refractivity contribution in [2.75, 3.05) is 31.1 Å². The molecule has 0 bridgehead atoms. The SMILES string of the molecule is CC(=O)NC[C@H]1CN(c2ccc(OC3CCCNCC3)c(F)c2)C(=O)O1. The highest BCUT2D eigenvalue weighted by molar-refractivity contribution is 5.89. The summed E-state index contributed by atoms with van der Waals surface area (Å²) in [6.07, 6.45) is 1.71. The number of benzene rings is 1. The van der Waals surface area contributed by atoms with Gasteiger partial charge in [-0.3, -0.25) is 9.69 Å². The number of nitrogens with one attached hydrogen (secondary N) is 2. The van der Waals surface area contributed by atoms with Crippen molar-refractivity contribution in [1.29, 1.82) is 0 Å². The lowest BCUT2D eigenvalue weighted by Crippen LogP contribution is -2.33. The van der Waals surface area contributed by atoms with Crippen molar-refractivity contribution < 1.29 is 23.5 Å². The molecule has 8 heteroatoms. The van der Waals surface area contributed by atoms with E-state index in [1.807, 2.05) is 0 Å². The molecule has 2 aliphatic heterocycles. The van der Waals surface area contributed by atoms with Crippen molar-refractivity contribution in [2.24, 2.45) is 0 Å². The topological polar surface area (TPSA) is 79.9 Å². The maximum absolute atomic E-state index is 14.5. The minimum atomic E-state index is -0.553. The molecule has 2 heterocycles. The Morgan fingerprint density at radius 3 is 3.04 bits per heavy atom. The molecule has 2 saturated heterocycles. The summed E-state index contributed by atoms with van der Waals surface area (Å²) in [5, 5.41) is 5.90. The Labute approximate surface area is 151 Å². The van der Waals surface area contributed by atoms with Crippen LogP contribution in [0.1, 0.15) is 26.2 Å². The molecular weight excluding hydrogens is 341 g/mol. The van der Waals surface area contributed by atoms with Crippen LogP contribution in [-0.4, -0.2) is 50.4 Å². The van der Waals surface area contributed by atoms with E-state index < -0.39 is 18.0 Å². The summed E-state index contributed by atoms with van der Waals surface area (Å²) in [6.45, 7) is 3.70. The molecule has 142 valence electrons. The molecule has 26 heavy (non-hydrogen) atoms. The number of carbonyl (C=O) groups is 2. The van der Waals surface area contributed by atoms with E-state index in [0.717, 1.165) is 32.4 Å². The van der Waals surface area contributed by atoms with Crippen LogP contribution in [0.25, 0.3) is 0 Å². The monoisotopic (exact) mass is 365 g/mol. The third kappa shape index (κ3) is 4.63. The summed E-state index contributed by atoms with van der Waals surface area (Å²) in [5.41, 5.74) is 0.410. The van der Waals surface area contributed by atoms with Crippen LogP contribution in [0.2, 0.25) is 0 Å². The largest absolute Gasteiger partial charge is 0.487 e. The second-order valence-electron chi connectivity index (χ2n) is 6.59. The molecule has 7 nitrogen and oxygen atoms in total. The molecule has 1 aromatic carbocycles. The zero-order chi connectivity index (χ0) is 18.5. The van der Waals surface area contributed by atoms with Crippen molar-refractivity contribution in [1.82, 2.24) is 10.6 Å². The lowest BCUT2D eigenvalue weighted by atomic mass is 10.1. The summed E-state index contributed by atoms with van der Waals surface area (Å²) in [4.78, 5) is 24.3. The highest BCUT2D eigenvalue weighted by Crippen LogP contribution is 2.28. The molecule has 0 aliphatic carbocycles. The highest BCUT2D eigenvalue weighted by atomic mass is 19.1. The number of hydrogen-bond acceptors (Lipinski definition) is 5. The van der Waals surface area contributed by atoms with E-state index >= 15 is 0 Å². The van der Waals surface area contributed by atoms with Gasteiger partial charge in [-0.25, -0.2) is 9.18 Å². The molecular formula is C18H24FN3O4. The van der Waals surface area contributed by atoms with E-state index in [4.69, 9.17) is 9.47 Å². The number of nitrogens with zero attached hydrogens (tertiary/aromatic N) is 1. The number of cyclic esters (lactones) is 1.